The van der Waals surface area contributed by atoms with Crippen LogP contribution in [0.4, 0.5) is 4.79 Å². The number of benzene rings is 1. The van der Waals surface area contributed by atoms with Gasteiger partial charge in [0.2, 0.25) is 5.91 Å². The number of hydrogen-bond donors (Lipinski definition) is 1. The fourth-order valence-electron chi connectivity index (χ4n) is 5.11. The van der Waals surface area contributed by atoms with Crippen LogP contribution in [0.1, 0.15) is 50.4 Å². The molecule has 2 fully saturated rings. The predicted molar refractivity (Wildman–Crippen MR) is 125 cm³/mol. The monoisotopic (exact) mass is 471 g/mol. The molecule has 0 unspecified atom stereocenters. The fourth-order valence-corrected chi connectivity index (χ4v) is 5.34. The van der Waals surface area contributed by atoms with E-state index in [1.54, 1.807) is 12.1 Å². The van der Waals surface area contributed by atoms with Gasteiger partial charge < -0.3 is 14.6 Å². The summed E-state index contributed by atoms with van der Waals surface area (Å²) in [4.78, 5) is 42.1. The van der Waals surface area contributed by atoms with Crippen molar-refractivity contribution in [2.45, 2.75) is 57.5 Å². The van der Waals surface area contributed by atoms with Crippen LogP contribution in [0, 0.1) is 5.92 Å². The van der Waals surface area contributed by atoms with E-state index in [0.29, 0.717) is 56.0 Å². The van der Waals surface area contributed by atoms with E-state index in [1.165, 1.54) is 11.2 Å². The summed E-state index contributed by atoms with van der Waals surface area (Å²) in [6, 6.07) is 10.7. The number of hydrogen-bond acceptors (Lipinski definition) is 4. The van der Waals surface area contributed by atoms with Crippen LogP contribution >= 0.6 is 11.6 Å². The minimum Gasteiger partial charge on any atom is -0.467 e. The van der Waals surface area contributed by atoms with E-state index in [1.807, 2.05) is 36.1 Å². The van der Waals surface area contributed by atoms with E-state index in [-0.39, 0.29) is 30.3 Å². The second-order valence-corrected chi connectivity index (χ2v) is 9.28. The molecule has 0 spiro atoms. The molecule has 1 atom stereocenters. The van der Waals surface area contributed by atoms with Gasteiger partial charge in [0.25, 0.3) is 5.91 Å². The summed E-state index contributed by atoms with van der Waals surface area (Å²) in [7, 11) is 0. The van der Waals surface area contributed by atoms with Crippen LogP contribution in [-0.4, -0.2) is 46.3 Å². The van der Waals surface area contributed by atoms with Gasteiger partial charge in [-0.15, -0.1) is 0 Å². The van der Waals surface area contributed by atoms with Gasteiger partial charge in [-0.05, 0) is 55.4 Å². The molecule has 0 saturated carbocycles. The van der Waals surface area contributed by atoms with E-state index in [0.717, 1.165) is 12.0 Å². The number of halogens is 1. The van der Waals surface area contributed by atoms with Crippen LogP contribution in [0.25, 0.3) is 0 Å². The summed E-state index contributed by atoms with van der Waals surface area (Å²) < 4.78 is 5.34. The van der Waals surface area contributed by atoms with Crippen LogP contribution in [0.2, 0.25) is 5.02 Å². The van der Waals surface area contributed by atoms with Crippen molar-refractivity contribution in [2.75, 3.05) is 13.1 Å². The van der Waals surface area contributed by atoms with Gasteiger partial charge in [0.1, 0.15) is 11.3 Å². The molecule has 3 heterocycles. The smallest absolute Gasteiger partial charge is 0.325 e. The van der Waals surface area contributed by atoms with Crippen molar-refractivity contribution in [1.82, 2.24) is 15.1 Å². The molecule has 0 bridgehead atoms. The van der Waals surface area contributed by atoms with Crippen LogP contribution in [-0.2, 0) is 22.6 Å². The van der Waals surface area contributed by atoms with E-state index in [4.69, 9.17) is 16.0 Å². The average molecular weight is 472 g/mol. The van der Waals surface area contributed by atoms with Gasteiger partial charge in [0, 0.05) is 24.5 Å². The maximum atomic E-state index is 13.5. The van der Waals surface area contributed by atoms with Gasteiger partial charge in [-0.2, -0.15) is 0 Å². The van der Waals surface area contributed by atoms with Gasteiger partial charge in [0.15, 0.2) is 0 Å². The topological polar surface area (TPSA) is 82.9 Å². The van der Waals surface area contributed by atoms with Crippen molar-refractivity contribution in [3.63, 3.8) is 0 Å². The largest absolute Gasteiger partial charge is 0.467 e. The Morgan fingerprint density at radius 3 is 2.61 bits per heavy atom. The van der Waals surface area contributed by atoms with Crippen molar-refractivity contribution in [1.29, 1.82) is 0 Å². The zero-order valence-electron chi connectivity index (χ0n) is 18.9. The number of rotatable bonds is 8. The first-order valence-corrected chi connectivity index (χ1v) is 12.0. The summed E-state index contributed by atoms with van der Waals surface area (Å²) in [6.45, 7) is 3.31. The quantitative estimate of drug-likeness (QED) is 0.578. The first-order valence-electron chi connectivity index (χ1n) is 11.6. The number of nitrogens with one attached hydrogen (secondary N) is 1. The summed E-state index contributed by atoms with van der Waals surface area (Å²) in [5, 5.41) is 3.71. The lowest BCUT2D eigenvalue weighted by atomic mass is 9.74. The maximum Gasteiger partial charge on any atom is 0.325 e. The standard InChI is InChI=1S/C25H30ClN3O4/c1-2-13-25(23(31)29(24(32)27-25)17-20-7-5-16-33-20)19-11-14-28(15-12-19)22(30)10-9-18-6-3-4-8-21(18)26/h3-8,16,19H,2,9-15,17H2,1H3,(H,27,32)/t25-/m0/s1. The molecule has 176 valence electrons. The number of likely N-dealkylation sites (tertiary alicyclic amines) is 1. The molecule has 4 rings (SSSR count). The highest BCUT2D eigenvalue weighted by Gasteiger charge is 2.55. The Morgan fingerprint density at radius 2 is 1.94 bits per heavy atom. The van der Waals surface area contributed by atoms with Gasteiger partial charge >= 0.3 is 6.03 Å². The minimum absolute atomic E-state index is 0.0110. The van der Waals surface area contributed by atoms with E-state index < -0.39 is 5.54 Å². The Hall–Kier alpha value is -2.80. The second-order valence-electron chi connectivity index (χ2n) is 8.87. The highest BCUT2D eigenvalue weighted by atomic mass is 35.5. The Morgan fingerprint density at radius 1 is 1.18 bits per heavy atom. The third-order valence-corrected chi connectivity index (χ3v) is 7.22. The van der Waals surface area contributed by atoms with Gasteiger partial charge in [-0.25, -0.2) is 4.79 Å². The first-order chi connectivity index (χ1) is 15.9. The molecular formula is C25H30ClN3O4. The Labute approximate surface area is 199 Å². The molecule has 7 nitrogen and oxygen atoms in total. The lowest BCUT2D eigenvalue weighted by Crippen LogP contribution is -2.56. The minimum atomic E-state index is -0.912. The number of carbonyl (C=O) groups excluding carboxylic acids is 3. The third kappa shape index (κ3) is 4.78. The Bertz CT molecular complexity index is 1000. The summed E-state index contributed by atoms with van der Waals surface area (Å²) in [5.74, 6) is 0.473. The van der Waals surface area contributed by atoms with Gasteiger partial charge in [-0.3, -0.25) is 14.5 Å². The van der Waals surface area contributed by atoms with E-state index in [2.05, 4.69) is 5.32 Å². The highest BCUT2D eigenvalue weighted by molar-refractivity contribution is 6.31. The molecule has 0 aliphatic carbocycles. The highest BCUT2D eigenvalue weighted by Crippen LogP contribution is 2.37. The van der Waals surface area contributed by atoms with Crippen molar-refractivity contribution < 1.29 is 18.8 Å². The van der Waals surface area contributed by atoms with Crippen LogP contribution < -0.4 is 5.32 Å². The molecule has 2 aliphatic heterocycles. The van der Waals surface area contributed by atoms with E-state index >= 15 is 0 Å². The molecule has 2 aromatic rings. The molecule has 33 heavy (non-hydrogen) atoms. The lowest BCUT2D eigenvalue weighted by Gasteiger charge is -2.41. The van der Waals surface area contributed by atoms with E-state index in [9.17, 15) is 14.4 Å². The maximum absolute atomic E-state index is 13.5. The molecule has 0 radical (unpaired) electrons. The van der Waals surface area contributed by atoms with Gasteiger partial charge in [0.05, 0.1) is 12.8 Å². The number of imide groups is 1. The molecular weight excluding hydrogens is 442 g/mol. The normalized spacial score (nSPS) is 21.5. The Balaban J connectivity index is 1.38. The molecule has 1 aromatic heterocycles. The van der Waals surface area contributed by atoms with Crippen molar-refractivity contribution >= 4 is 29.4 Å². The lowest BCUT2D eigenvalue weighted by molar-refractivity contribution is -0.136. The van der Waals surface area contributed by atoms with Crippen LogP contribution in [0.3, 0.4) is 0 Å². The molecule has 1 N–H and O–H groups in total. The summed E-state index contributed by atoms with van der Waals surface area (Å²) in [5.41, 5.74) is 0.0608. The molecule has 8 heteroatoms. The SMILES string of the molecule is CCC[C@@]1(C2CCN(C(=O)CCc3ccccc3Cl)CC2)NC(=O)N(Cc2ccco2)C1=O. The van der Waals surface area contributed by atoms with Crippen LogP contribution in [0.5, 0.6) is 0 Å². The molecule has 2 saturated heterocycles. The molecule has 1 aromatic carbocycles. The van der Waals surface area contributed by atoms with Gasteiger partial charge in [-0.1, -0.05) is 43.1 Å². The molecule has 2 aliphatic rings. The predicted octanol–water partition coefficient (Wildman–Crippen LogP) is 4.40. The number of piperidine rings is 1. The fraction of sp³-hybridized carbons (Fsp3) is 0.480. The second kappa shape index (κ2) is 10.00. The summed E-state index contributed by atoms with van der Waals surface area (Å²) in [6.07, 6.45) is 5.26. The van der Waals surface area contributed by atoms with Crippen molar-refractivity contribution in [3.05, 3.63) is 59.0 Å². The zero-order chi connectivity index (χ0) is 23.4. The van der Waals surface area contributed by atoms with Crippen molar-refractivity contribution in [3.8, 4) is 0 Å². The first kappa shape index (κ1) is 23.4. The average Bonchev–Trinajstić information content (AvgIpc) is 3.42. The third-order valence-electron chi connectivity index (χ3n) is 6.85. The van der Waals surface area contributed by atoms with Crippen molar-refractivity contribution in [2.24, 2.45) is 5.92 Å². The zero-order valence-corrected chi connectivity index (χ0v) is 19.6. The number of urea groups is 1. The number of aryl methyl sites for hydroxylation is 1. The van der Waals surface area contributed by atoms with Crippen LogP contribution in [0.15, 0.2) is 47.1 Å². The number of amides is 4. The number of furan rings is 1. The Kier molecular flexibility index (Phi) is 7.08. The summed E-state index contributed by atoms with van der Waals surface area (Å²) >= 11 is 6.21. The molecule has 4 amide bonds. The number of carbonyl (C=O) groups is 3. The number of nitrogens with zero attached hydrogens (tertiary/aromatic N) is 2.